The molecule has 0 spiro atoms. The van der Waals surface area contributed by atoms with Gasteiger partial charge in [-0.15, -0.1) is 12.4 Å². The highest BCUT2D eigenvalue weighted by atomic mass is 35.5. The number of aromatic hydroxyl groups is 1. The van der Waals surface area contributed by atoms with E-state index < -0.39 is 12.0 Å². The van der Waals surface area contributed by atoms with Crippen LogP contribution in [0.1, 0.15) is 19.4 Å². The summed E-state index contributed by atoms with van der Waals surface area (Å²) >= 11 is 0. The Bertz CT molecular complexity index is 351. The number of benzene rings is 1. The lowest BCUT2D eigenvalue weighted by molar-refractivity contribution is -0.148. The van der Waals surface area contributed by atoms with Crippen molar-refractivity contribution in [1.29, 1.82) is 0 Å². The monoisotopic (exact) mass is 259 g/mol. The molecule has 0 fully saturated rings. The second kappa shape index (κ2) is 7.14. The quantitative estimate of drug-likeness (QED) is 0.807. The van der Waals surface area contributed by atoms with Crippen LogP contribution in [0.4, 0.5) is 0 Å². The van der Waals surface area contributed by atoms with Crippen LogP contribution in [0.3, 0.4) is 0 Å². The highest BCUT2D eigenvalue weighted by Crippen LogP contribution is 2.11. The maximum Gasteiger partial charge on any atom is 0.323 e. The molecule has 0 amide bonds. The molecule has 5 heteroatoms. The first kappa shape index (κ1) is 15.7. The summed E-state index contributed by atoms with van der Waals surface area (Å²) < 4.78 is 4.99. The van der Waals surface area contributed by atoms with Crippen molar-refractivity contribution in [3.8, 4) is 5.75 Å². The number of halogens is 1. The number of carbonyl (C=O) groups excluding carboxylic acids is 1. The van der Waals surface area contributed by atoms with Crippen molar-refractivity contribution in [2.24, 2.45) is 5.73 Å². The van der Waals surface area contributed by atoms with Crippen LogP contribution in [0.2, 0.25) is 0 Å². The number of carbonyl (C=O) groups is 1. The lowest BCUT2D eigenvalue weighted by atomic mass is 10.1. The Kier molecular flexibility index (Phi) is 6.61. The summed E-state index contributed by atoms with van der Waals surface area (Å²) in [4.78, 5) is 11.4. The van der Waals surface area contributed by atoms with E-state index in [1.807, 2.05) is 0 Å². The van der Waals surface area contributed by atoms with E-state index in [4.69, 9.17) is 15.6 Å². The van der Waals surface area contributed by atoms with E-state index in [2.05, 4.69) is 0 Å². The lowest BCUT2D eigenvalue weighted by Gasteiger charge is -2.13. The molecule has 0 radical (unpaired) electrons. The Balaban J connectivity index is 0.00000256. The molecule has 1 aromatic carbocycles. The molecule has 0 saturated carbocycles. The van der Waals surface area contributed by atoms with Gasteiger partial charge in [0.1, 0.15) is 11.8 Å². The van der Waals surface area contributed by atoms with E-state index in [-0.39, 0.29) is 24.3 Å². The summed E-state index contributed by atoms with van der Waals surface area (Å²) in [7, 11) is 0. The van der Waals surface area contributed by atoms with E-state index in [0.717, 1.165) is 5.56 Å². The van der Waals surface area contributed by atoms with Crippen molar-refractivity contribution in [2.75, 3.05) is 0 Å². The Morgan fingerprint density at radius 3 is 2.35 bits per heavy atom. The van der Waals surface area contributed by atoms with Gasteiger partial charge in [-0.2, -0.15) is 0 Å². The number of phenolic OH excluding ortho intramolecular Hbond substituents is 1. The van der Waals surface area contributed by atoms with Gasteiger partial charge < -0.3 is 15.6 Å². The van der Waals surface area contributed by atoms with E-state index in [1.54, 1.807) is 38.1 Å². The van der Waals surface area contributed by atoms with Gasteiger partial charge in [-0.05, 0) is 38.0 Å². The molecule has 0 heterocycles. The lowest BCUT2D eigenvalue weighted by Crippen LogP contribution is -2.35. The molecule has 17 heavy (non-hydrogen) atoms. The van der Waals surface area contributed by atoms with Gasteiger partial charge in [0.05, 0.1) is 6.10 Å². The van der Waals surface area contributed by atoms with Gasteiger partial charge in [-0.25, -0.2) is 0 Å². The molecule has 3 N–H and O–H groups in total. The summed E-state index contributed by atoms with van der Waals surface area (Å²) in [5.41, 5.74) is 6.59. The van der Waals surface area contributed by atoms with Crippen LogP contribution < -0.4 is 5.73 Å². The molecule has 4 nitrogen and oxygen atoms in total. The molecular weight excluding hydrogens is 242 g/mol. The number of esters is 1. The zero-order valence-electron chi connectivity index (χ0n) is 9.92. The molecular formula is C12H18ClNO3. The van der Waals surface area contributed by atoms with Gasteiger partial charge in [0.15, 0.2) is 0 Å². The number of rotatable bonds is 4. The number of ether oxygens (including phenoxy) is 1. The zero-order chi connectivity index (χ0) is 12.1. The molecule has 0 aliphatic heterocycles. The highest BCUT2D eigenvalue weighted by molar-refractivity contribution is 5.85. The van der Waals surface area contributed by atoms with Crippen LogP contribution in [-0.4, -0.2) is 23.2 Å². The van der Waals surface area contributed by atoms with Crippen molar-refractivity contribution in [2.45, 2.75) is 32.4 Å². The molecule has 0 aromatic heterocycles. The van der Waals surface area contributed by atoms with Crippen molar-refractivity contribution < 1.29 is 14.6 Å². The maximum absolute atomic E-state index is 11.4. The van der Waals surface area contributed by atoms with Crippen LogP contribution in [0, 0.1) is 0 Å². The first-order valence-electron chi connectivity index (χ1n) is 5.23. The molecule has 0 saturated heterocycles. The maximum atomic E-state index is 11.4. The fraction of sp³-hybridized carbons (Fsp3) is 0.417. The molecule has 0 aliphatic rings. The van der Waals surface area contributed by atoms with E-state index >= 15 is 0 Å². The predicted octanol–water partition coefficient (Wildman–Crippen LogP) is 1.64. The molecule has 1 rings (SSSR count). The Hall–Kier alpha value is -1.26. The van der Waals surface area contributed by atoms with Gasteiger partial charge >= 0.3 is 5.97 Å². The van der Waals surface area contributed by atoms with Crippen molar-refractivity contribution in [1.82, 2.24) is 0 Å². The van der Waals surface area contributed by atoms with Crippen LogP contribution >= 0.6 is 12.4 Å². The molecule has 1 aromatic rings. The van der Waals surface area contributed by atoms with Crippen LogP contribution in [0.15, 0.2) is 24.3 Å². The van der Waals surface area contributed by atoms with E-state index in [0.29, 0.717) is 6.42 Å². The highest BCUT2D eigenvalue weighted by Gasteiger charge is 2.16. The second-order valence-corrected chi connectivity index (χ2v) is 3.96. The second-order valence-electron chi connectivity index (χ2n) is 3.96. The van der Waals surface area contributed by atoms with Gasteiger partial charge in [0, 0.05) is 0 Å². The first-order chi connectivity index (χ1) is 7.49. The summed E-state index contributed by atoms with van der Waals surface area (Å²) in [5, 5.41) is 9.10. The van der Waals surface area contributed by atoms with Crippen molar-refractivity contribution >= 4 is 18.4 Å². The minimum atomic E-state index is -0.660. The number of phenols is 1. The van der Waals surface area contributed by atoms with E-state index in [9.17, 15) is 4.79 Å². The average molecular weight is 260 g/mol. The summed E-state index contributed by atoms with van der Waals surface area (Å²) in [6, 6.07) is 5.94. The third-order valence-corrected chi connectivity index (χ3v) is 2.05. The third-order valence-electron chi connectivity index (χ3n) is 2.05. The Morgan fingerprint density at radius 1 is 1.35 bits per heavy atom. The summed E-state index contributed by atoms with van der Waals surface area (Å²) in [6.45, 7) is 3.57. The topological polar surface area (TPSA) is 72.5 Å². The van der Waals surface area contributed by atoms with E-state index in [1.165, 1.54) is 0 Å². The van der Waals surface area contributed by atoms with Crippen molar-refractivity contribution in [3.63, 3.8) is 0 Å². The fourth-order valence-corrected chi connectivity index (χ4v) is 1.29. The number of hydrogen-bond donors (Lipinski definition) is 2. The molecule has 0 bridgehead atoms. The van der Waals surface area contributed by atoms with Gasteiger partial charge in [-0.1, -0.05) is 12.1 Å². The largest absolute Gasteiger partial charge is 0.508 e. The smallest absolute Gasteiger partial charge is 0.323 e. The number of nitrogens with two attached hydrogens (primary N) is 1. The Morgan fingerprint density at radius 2 is 1.88 bits per heavy atom. The SMILES string of the molecule is CC(C)OC(=O)[C@@H](N)Cc1ccc(O)cc1.Cl. The molecule has 0 unspecified atom stereocenters. The van der Waals surface area contributed by atoms with Crippen molar-refractivity contribution in [3.05, 3.63) is 29.8 Å². The average Bonchev–Trinajstić information content (AvgIpc) is 2.20. The molecule has 96 valence electrons. The normalized spacial score (nSPS) is 11.8. The zero-order valence-corrected chi connectivity index (χ0v) is 10.7. The predicted molar refractivity (Wildman–Crippen MR) is 68.3 cm³/mol. The minimum absolute atomic E-state index is 0. The molecule has 1 atom stereocenters. The number of hydrogen-bond acceptors (Lipinski definition) is 4. The van der Waals surface area contributed by atoms with Gasteiger partial charge in [0.2, 0.25) is 0 Å². The summed E-state index contributed by atoms with van der Waals surface area (Å²) in [5.74, 6) is -0.204. The van der Waals surface area contributed by atoms with Gasteiger partial charge in [-0.3, -0.25) is 4.79 Å². The summed E-state index contributed by atoms with van der Waals surface area (Å²) in [6.07, 6.45) is 0.254. The van der Waals surface area contributed by atoms with Crippen LogP contribution in [-0.2, 0) is 16.0 Å². The van der Waals surface area contributed by atoms with Crippen LogP contribution in [0.25, 0.3) is 0 Å². The Labute approximate surface area is 107 Å². The standard InChI is InChI=1S/C12H17NO3.ClH/c1-8(2)16-12(15)11(13)7-9-3-5-10(14)6-4-9;/h3-6,8,11,14H,7,13H2,1-2H3;1H/t11-;/m0./s1. The third kappa shape index (κ3) is 5.56. The van der Waals surface area contributed by atoms with Gasteiger partial charge in [0.25, 0.3) is 0 Å². The fourth-order valence-electron chi connectivity index (χ4n) is 1.29. The molecule has 0 aliphatic carbocycles. The first-order valence-corrected chi connectivity index (χ1v) is 5.23. The minimum Gasteiger partial charge on any atom is -0.508 e. The van der Waals surface area contributed by atoms with Crippen LogP contribution in [0.5, 0.6) is 5.75 Å².